The van der Waals surface area contributed by atoms with E-state index in [0.717, 1.165) is 0 Å². The van der Waals surface area contributed by atoms with Crippen molar-refractivity contribution in [2.24, 2.45) is 18.4 Å². The molecule has 8 nitrogen and oxygen atoms in total. The van der Waals surface area contributed by atoms with Gasteiger partial charge in [0.05, 0.1) is 31.0 Å². The minimum atomic E-state index is -3.63. The summed E-state index contributed by atoms with van der Waals surface area (Å²) < 4.78 is 33.9. The first kappa shape index (κ1) is 18.3. The molecule has 1 aromatic heterocycles. The Morgan fingerprint density at radius 1 is 1.48 bits per heavy atom. The Labute approximate surface area is 148 Å². The lowest BCUT2D eigenvalue weighted by atomic mass is 9.88. The van der Waals surface area contributed by atoms with Crippen molar-refractivity contribution in [1.29, 1.82) is 0 Å². The summed E-state index contributed by atoms with van der Waals surface area (Å²) in [5, 5.41) is 6.99. The number of aromatic nitrogens is 2. The molecule has 0 aromatic carbocycles. The number of nitrogens with one attached hydrogen (secondary N) is 1. The molecule has 9 heteroatoms. The van der Waals surface area contributed by atoms with Gasteiger partial charge < -0.3 is 10.1 Å². The van der Waals surface area contributed by atoms with E-state index in [0.29, 0.717) is 44.8 Å². The van der Waals surface area contributed by atoms with E-state index < -0.39 is 10.0 Å². The van der Waals surface area contributed by atoms with Crippen LogP contribution in [0.1, 0.15) is 25.5 Å². The van der Waals surface area contributed by atoms with Gasteiger partial charge in [0.1, 0.15) is 4.90 Å². The van der Waals surface area contributed by atoms with Crippen LogP contribution in [0.5, 0.6) is 0 Å². The molecule has 0 radical (unpaired) electrons. The first-order chi connectivity index (χ1) is 11.7. The van der Waals surface area contributed by atoms with E-state index in [1.54, 1.807) is 18.7 Å². The van der Waals surface area contributed by atoms with Gasteiger partial charge in [-0.3, -0.25) is 9.48 Å². The molecule has 1 atom stereocenters. The van der Waals surface area contributed by atoms with Gasteiger partial charge in [-0.2, -0.15) is 9.40 Å². The first-order valence-corrected chi connectivity index (χ1v) is 10.0. The summed E-state index contributed by atoms with van der Waals surface area (Å²) in [5.74, 6) is -0.388. The summed E-state index contributed by atoms with van der Waals surface area (Å²) in [4.78, 5) is 12.7. The molecular formula is C16H26N4O4S. The summed E-state index contributed by atoms with van der Waals surface area (Å²) >= 11 is 0. The maximum Gasteiger partial charge on any atom is 0.246 e. The predicted octanol–water partition coefficient (Wildman–Crippen LogP) is 0.282. The molecule has 0 bridgehead atoms. The molecule has 3 rings (SSSR count). The lowest BCUT2D eigenvalue weighted by Gasteiger charge is -2.38. The first-order valence-electron chi connectivity index (χ1n) is 8.57. The lowest BCUT2D eigenvalue weighted by Crippen LogP contribution is -2.51. The van der Waals surface area contributed by atoms with Crippen molar-refractivity contribution in [2.45, 2.75) is 31.6 Å². The Bertz CT molecular complexity index is 754. The third-order valence-corrected chi connectivity index (χ3v) is 7.12. The average molecular weight is 370 g/mol. The number of nitrogens with zero attached hydrogens (tertiary/aromatic N) is 3. The Balaban J connectivity index is 1.66. The van der Waals surface area contributed by atoms with Gasteiger partial charge in [-0.05, 0) is 19.8 Å². The maximum absolute atomic E-state index is 12.9. The highest BCUT2D eigenvalue weighted by atomic mass is 32.2. The number of amides is 1. The van der Waals surface area contributed by atoms with E-state index >= 15 is 0 Å². The van der Waals surface area contributed by atoms with Gasteiger partial charge in [0.15, 0.2) is 0 Å². The Kier molecular flexibility index (Phi) is 4.91. The monoisotopic (exact) mass is 370 g/mol. The molecule has 1 amide bonds. The van der Waals surface area contributed by atoms with Crippen molar-refractivity contribution >= 4 is 15.9 Å². The summed E-state index contributed by atoms with van der Waals surface area (Å²) in [6, 6.07) is 0. The zero-order valence-electron chi connectivity index (χ0n) is 15.0. The average Bonchev–Trinajstić information content (AvgIpc) is 2.91. The van der Waals surface area contributed by atoms with Gasteiger partial charge >= 0.3 is 0 Å². The highest BCUT2D eigenvalue weighted by Gasteiger charge is 2.37. The van der Waals surface area contributed by atoms with E-state index in [-0.39, 0.29) is 28.7 Å². The molecule has 2 fully saturated rings. The van der Waals surface area contributed by atoms with E-state index in [9.17, 15) is 13.2 Å². The molecule has 0 aliphatic carbocycles. The van der Waals surface area contributed by atoms with Gasteiger partial charge in [-0.1, -0.05) is 6.92 Å². The molecule has 2 aliphatic heterocycles. The minimum absolute atomic E-state index is 0.00289. The second kappa shape index (κ2) is 6.69. The van der Waals surface area contributed by atoms with Gasteiger partial charge in [0.25, 0.3) is 0 Å². The molecule has 0 spiro atoms. The van der Waals surface area contributed by atoms with Crippen molar-refractivity contribution < 1.29 is 17.9 Å². The van der Waals surface area contributed by atoms with Gasteiger partial charge in [0, 0.05) is 32.1 Å². The summed E-state index contributed by atoms with van der Waals surface area (Å²) in [7, 11) is -1.91. The highest BCUT2D eigenvalue weighted by molar-refractivity contribution is 7.89. The predicted molar refractivity (Wildman–Crippen MR) is 91.4 cm³/mol. The fraction of sp³-hybridized carbons (Fsp3) is 0.750. The summed E-state index contributed by atoms with van der Waals surface area (Å²) in [6.45, 7) is 6.32. The fourth-order valence-corrected chi connectivity index (χ4v) is 4.95. The molecule has 2 saturated heterocycles. The normalized spacial score (nSPS) is 23.9. The standard InChI is InChI=1S/C16H26N4O4S/c1-12-14(7-18-19(12)3)25(22,23)20-6-4-5-13(8-20)15(21)17-9-16(2)10-24-11-16/h7,13H,4-6,8-11H2,1-3H3,(H,17,21). The van der Waals surface area contributed by atoms with Crippen molar-refractivity contribution in [3.05, 3.63) is 11.9 Å². The van der Waals surface area contributed by atoms with Gasteiger partial charge in [-0.25, -0.2) is 8.42 Å². The maximum atomic E-state index is 12.9. The molecule has 2 aliphatic rings. The zero-order chi connectivity index (χ0) is 18.2. The molecule has 25 heavy (non-hydrogen) atoms. The van der Waals surface area contributed by atoms with Gasteiger partial charge in [0.2, 0.25) is 15.9 Å². The third kappa shape index (κ3) is 3.58. The van der Waals surface area contributed by atoms with Crippen LogP contribution in [0.3, 0.4) is 0 Å². The van der Waals surface area contributed by atoms with Crippen LogP contribution in [0.15, 0.2) is 11.1 Å². The molecule has 0 saturated carbocycles. The van der Waals surface area contributed by atoms with Crippen LogP contribution in [0.4, 0.5) is 0 Å². The fourth-order valence-electron chi connectivity index (χ4n) is 3.24. The van der Waals surface area contributed by atoms with Crippen molar-refractivity contribution in [2.75, 3.05) is 32.8 Å². The molecular weight excluding hydrogens is 344 g/mol. The molecule has 1 unspecified atom stereocenters. The van der Waals surface area contributed by atoms with Crippen LogP contribution in [-0.2, 0) is 26.6 Å². The minimum Gasteiger partial charge on any atom is -0.380 e. The molecule has 1 N–H and O–H groups in total. The van der Waals surface area contributed by atoms with E-state index in [1.807, 2.05) is 0 Å². The van der Waals surface area contributed by atoms with Crippen LogP contribution in [0, 0.1) is 18.3 Å². The van der Waals surface area contributed by atoms with Crippen LogP contribution in [0.2, 0.25) is 0 Å². The Hall–Kier alpha value is -1.45. The molecule has 140 valence electrons. The summed E-state index contributed by atoms with van der Waals surface area (Å²) in [6.07, 6.45) is 2.76. The number of sulfonamides is 1. The number of hydrogen-bond acceptors (Lipinski definition) is 5. The smallest absolute Gasteiger partial charge is 0.246 e. The van der Waals surface area contributed by atoms with Crippen molar-refractivity contribution in [3.63, 3.8) is 0 Å². The second-order valence-corrected chi connectivity index (χ2v) is 9.35. The largest absolute Gasteiger partial charge is 0.380 e. The second-order valence-electron chi connectivity index (χ2n) is 7.44. The number of ether oxygens (including phenoxy) is 1. The van der Waals surface area contributed by atoms with E-state index in [1.165, 1.54) is 10.5 Å². The number of hydrogen-bond donors (Lipinski definition) is 1. The van der Waals surface area contributed by atoms with Crippen LogP contribution >= 0.6 is 0 Å². The summed E-state index contributed by atoms with van der Waals surface area (Å²) in [5.41, 5.74) is 0.604. The van der Waals surface area contributed by atoms with Gasteiger partial charge in [-0.15, -0.1) is 0 Å². The van der Waals surface area contributed by atoms with Crippen molar-refractivity contribution in [1.82, 2.24) is 19.4 Å². The van der Waals surface area contributed by atoms with Crippen LogP contribution in [0.25, 0.3) is 0 Å². The van der Waals surface area contributed by atoms with Crippen LogP contribution < -0.4 is 5.32 Å². The molecule has 1 aromatic rings. The van der Waals surface area contributed by atoms with E-state index in [4.69, 9.17) is 4.74 Å². The zero-order valence-corrected chi connectivity index (χ0v) is 15.8. The van der Waals surface area contributed by atoms with Crippen LogP contribution in [-0.4, -0.2) is 61.3 Å². The SMILES string of the molecule is Cc1c(S(=O)(=O)N2CCCC(C(=O)NCC3(C)COC3)C2)cnn1C. The Morgan fingerprint density at radius 2 is 2.20 bits per heavy atom. The van der Waals surface area contributed by atoms with Crippen molar-refractivity contribution in [3.8, 4) is 0 Å². The third-order valence-electron chi connectivity index (χ3n) is 5.15. The number of carbonyl (C=O) groups is 1. The molecule has 3 heterocycles. The quantitative estimate of drug-likeness (QED) is 0.804. The topological polar surface area (TPSA) is 93.5 Å². The number of aryl methyl sites for hydroxylation is 1. The number of piperidine rings is 1. The highest BCUT2D eigenvalue weighted by Crippen LogP contribution is 2.27. The number of rotatable bonds is 5. The van der Waals surface area contributed by atoms with E-state index in [2.05, 4.69) is 17.3 Å². The number of carbonyl (C=O) groups excluding carboxylic acids is 1. The Morgan fingerprint density at radius 3 is 2.76 bits per heavy atom. The lowest BCUT2D eigenvalue weighted by molar-refractivity contribution is -0.131.